The summed E-state index contributed by atoms with van der Waals surface area (Å²) in [4.78, 5) is 16.4. The van der Waals surface area contributed by atoms with Crippen molar-refractivity contribution in [1.29, 1.82) is 0 Å². The molecule has 0 aliphatic carbocycles. The van der Waals surface area contributed by atoms with E-state index in [4.69, 9.17) is 9.47 Å². The number of H-pyrrole nitrogens is 1. The van der Waals surface area contributed by atoms with Gasteiger partial charge in [0.25, 0.3) is 0 Å². The van der Waals surface area contributed by atoms with Crippen molar-refractivity contribution in [3.05, 3.63) is 87.5 Å². The normalized spacial score (nSPS) is 11.2. The van der Waals surface area contributed by atoms with E-state index < -0.39 is 5.82 Å². The van der Waals surface area contributed by atoms with E-state index in [1.54, 1.807) is 13.0 Å². The van der Waals surface area contributed by atoms with E-state index >= 15 is 0 Å². The second-order valence-electron chi connectivity index (χ2n) is 9.00. The van der Waals surface area contributed by atoms with Crippen molar-refractivity contribution in [2.24, 2.45) is 0 Å². The zero-order valence-corrected chi connectivity index (χ0v) is 20.1. The Labute approximate surface area is 194 Å². The van der Waals surface area contributed by atoms with Crippen LogP contribution in [0.25, 0.3) is 23.4 Å². The molecule has 0 unspecified atom stereocenters. The molecule has 3 aromatic rings. The van der Waals surface area contributed by atoms with Crippen LogP contribution in [0.2, 0.25) is 0 Å². The Morgan fingerprint density at radius 2 is 1.70 bits per heavy atom. The van der Waals surface area contributed by atoms with Crippen LogP contribution in [0.1, 0.15) is 48.7 Å². The summed E-state index contributed by atoms with van der Waals surface area (Å²) in [5.41, 5.74) is 4.69. The molecule has 0 aliphatic rings. The molecule has 0 amide bonds. The molecule has 3 rings (SSSR count). The van der Waals surface area contributed by atoms with Crippen molar-refractivity contribution in [1.82, 2.24) is 4.98 Å². The smallest absolute Gasteiger partial charge is 0.192 e. The van der Waals surface area contributed by atoms with Crippen molar-refractivity contribution in [2.75, 3.05) is 7.11 Å². The molecule has 0 bridgehead atoms. The van der Waals surface area contributed by atoms with E-state index in [1.807, 2.05) is 13.0 Å². The van der Waals surface area contributed by atoms with Gasteiger partial charge >= 0.3 is 0 Å². The highest BCUT2D eigenvalue weighted by Gasteiger charge is 2.23. The van der Waals surface area contributed by atoms with E-state index in [0.717, 1.165) is 16.7 Å². The Kier molecular flexibility index (Phi) is 6.63. The summed E-state index contributed by atoms with van der Waals surface area (Å²) in [6, 6.07) is 8.18. The van der Waals surface area contributed by atoms with Gasteiger partial charge in [0.1, 0.15) is 11.6 Å². The first kappa shape index (κ1) is 24.1. The van der Waals surface area contributed by atoms with Gasteiger partial charge < -0.3 is 14.5 Å². The molecular weight excluding hydrogens is 417 g/mol. The summed E-state index contributed by atoms with van der Waals surface area (Å²) in [5.74, 6) is 0.760. The lowest BCUT2D eigenvalue weighted by Crippen LogP contribution is -2.16. The number of halogens is 1. The summed E-state index contributed by atoms with van der Waals surface area (Å²) in [7, 11) is 1.46. The molecule has 1 N–H and O–H groups in total. The topological polar surface area (TPSA) is 51.3 Å². The lowest BCUT2D eigenvalue weighted by atomic mass is 9.84. The van der Waals surface area contributed by atoms with Crippen LogP contribution in [-0.4, -0.2) is 12.1 Å². The van der Waals surface area contributed by atoms with Crippen LogP contribution in [-0.2, 0) is 5.41 Å². The third kappa shape index (κ3) is 4.63. The average Bonchev–Trinajstić information content (AvgIpc) is 2.76. The molecule has 0 atom stereocenters. The van der Waals surface area contributed by atoms with Gasteiger partial charge in [-0.1, -0.05) is 46.1 Å². The van der Waals surface area contributed by atoms with E-state index in [9.17, 15) is 9.18 Å². The Balaban J connectivity index is 2.36. The number of aromatic amines is 1. The van der Waals surface area contributed by atoms with Gasteiger partial charge in [-0.2, -0.15) is 0 Å². The highest BCUT2D eigenvalue weighted by atomic mass is 19.1. The summed E-state index contributed by atoms with van der Waals surface area (Å²) in [6.45, 7) is 17.7. The first-order valence-electron chi connectivity index (χ1n) is 10.7. The molecule has 0 saturated carbocycles. The number of pyridine rings is 1. The number of aryl methyl sites for hydroxylation is 1. The highest BCUT2D eigenvalue weighted by Crippen LogP contribution is 2.42. The molecule has 1 aromatic heterocycles. The Morgan fingerprint density at radius 3 is 2.27 bits per heavy atom. The molecule has 0 radical (unpaired) electrons. The second kappa shape index (κ2) is 9.10. The predicted molar refractivity (Wildman–Crippen MR) is 134 cm³/mol. The molecule has 2 aromatic carbocycles. The van der Waals surface area contributed by atoms with Crippen molar-refractivity contribution in [3.8, 4) is 28.5 Å². The van der Waals surface area contributed by atoms with Gasteiger partial charge in [0.2, 0.25) is 0 Å². The van der Waals surface area contributed by atoms with E-state index in [-0.39, 0.29) is 16.6 Å². The molecule has 5 heteroatoms. The van der Waals surface area contributed by atoms with Gasteiger partial charge in [-0.3, -0.25) is 4.79 Å². The Hall–Kier alpha value is -3.60. The third-order valence-corrected chi connectivity index (χ3v) is 5.68. The molecule has 33 heavy (non-hydrogen) atoms. The van der Waals surface area contributed by atoms with Gasteiger partial charge in [0.15, 0.2) is 16.9 Å². The van der Waals surface area contributed by atoms with Crippen molar-refractivity contribution >= 4 is 12.2 Å². The number of hydrogen-bond donors (Lipinski definition) is 1. The van der Waals surface area contributed by atoms with Gasteiger partial charge in [0.05, 0.1) is 12.8 Å². The zero-order valence-electron chi connectivity index (χ0n) is 20.1. The maximum absolute atomic E-state index is 13.8. The molecule has 0 saturated heterocycles. The standard InChI is InChI=1S/C28H30FNO3/c1-9-20-21(10-2)30-26(17(4)27(20)31)25-16(3)13-18(28(5,6)7)14-24(25)33-22-12-11-19(29)15-23(22)32-8/h9-15H,1-2H2,3-8H3,(H,30,31). The van der Waals surface area contributed by atoms with Crippen LogP contribution in [0.4, 0.5) is 4.39 Å². The first-order chi connectivity index (χ1) is 15.5. The minimum Gasteiger partial charge on any atom is -0.493 e. The lowest BCUT2D eigenvalue weighted by molar-refractivity contribution is 0.375. The van der Waals surface area contributed by atoms with E-state index in [2.05, 4.69) is 45.0 Å². The van der Waals surface area contributed by atoms with Gasteiger partial charge in [0, 0.05) is 28.5 Å². The molecular formula is C28H30FNO3. The minimum absolute atomic E-state index is 0.127. The largest absolute Gasteiger partial charge is 0.493 e. The van der Waals surface area contributed by atoms with Crippen LogP contribution in [0, 0.1) is 19.7 Å². The third-order valence-electron chi connectivity index (χ3n) is 5.68. The molecule has 0 spiro atoms. The number of benzene rings is 2. The second-order valence-corrected chi connectivity index (χ2v) is 9.00. The zero-order chi connectivity index (χ0) is 24.5. The predicted octanol–water partition coefficient (Wildman–Crippen LogP) is 7.18. The summed E-state index contributed by atoms with van der Waals surface area (Å²) in [5, 5.41) is 0. The fourth-order valence-corrected chi connectivity index (χ4v) is 3.78. The molecule has 1 heterocycles. The molecule has 0 fully saturated rings. The summed E-state index contributed by atoms with van der Waals surface area (Å²) < 4.78 is 25.4. The first-order valence-corrected chi connectivity index (χ1v) is 10.7. The van der Waals surface area contributed by atoms with Crippen LogP contribution in [0.3, 0.4) is 0 Å². The molecule has 172 valence electrons. The van der Waals surface area contributed by atoms with Crippen molar-refractivity contribution in [2.45, 2.75) is 40.0 Å². The quantitative estimate of drug-likeness (QED) is 0.435. The van der Waals surface area contributed by atoms with Crippen LogP contribution >= 0.6 is 0 Å². The number of methoxy groups -OCH3 is 1. The SMILES string of the molecule is C=Cc1[nH]c(-c2c(C)cc(C(C)(C)C)cc2Oc2ccc(F)cc2OC)c(C)c(=O)c1C=C. The van der Waals surface area contributed by atoms with Gasteiger partial charge in [-0.05, 0) is 54.7 Å². The van der Waals surface area contributed by atoms with E-state index in [0.29, 0.717) is 34.0 Å². The van der Waals surface area contributed by atoms with Crippen LogP contribution < -0.4 is 14.9 Å². The number of hydrogen-bond acceptors (Lipinski definition) is 3. The van der Waals surface area contributed by atoms with Gasteiger partial charge in [-0.25, -0.2) is 4.39 Å². The van der Waals surface area contributed by atoms with Gasteiger partial charge in [-0.15, -0.1) is 0 Å². The summed E-state index contributed by atoms with van der Waals surface area (Å²) >= 11 is 0. The average molecular weight is 448 g/mol. The minimum atomic E-state index is -0.421. The number of nitrogens with one attached hydrogen (secondary N) is 1. The lowest BCUT2D eigenvalue weighted by Gasteiger charge is -2.24. The fourth-order valence-electron chi connectivity index (χ4n) is 3.78. The van der Waals surface area contributed by atoms with E-state index in [1.165, 1.54) is 31.4 Å². The Morgan fingerprint density at radius 1 is 1.00 bits per heavy atom. The van der Waals surface area contributed by atoms with Crippen LogP contribution in [0.15, 0.2) is 48.3 Å². The maximum Gasteiger partial charge on any atom is 0.192 e. The highest BCUT2D eigenvalue weighted by molar-refractivity contribution is 5.77. The van der Waals surface area contributed by atoms with Crippen molar-refractivity contribution in [3.63, 3.8) is 0 Å². The monoisotopic (exact) mass is 447 g/mol. The number of ether oxygens (including phenoxy) is 2. The molecule has 0 aliphatic heterocycles. The Bertz CT molecular complexity index is 1300. The molecule has 4 nitrogen and oxygen atoms in total. The maximum atomic E-state index is 13.8. The van der Waals surface area contributed by atoms with Crippen molar-refractivity contribution < 1.29 is 13.9 Å². The fraction of sp³-hybridized carbons (Fsp3) is 0.250. The summed E-state index contributed by atoms with van der Waals surface area (Å²) in [6.07, 6.45) is 3.13. The number of rotatable bonds is 6. The number of aromatic nitrogens is 1. The van der Waals surface area contributed by atoms with Crippen LogP contribution in [0.5, 0.6) is 17.2 Å².